The number of nitrogens with one attached hydrogen (secondary N) is 1. The Morgan fingerprint density at radius 1 is 1.29 bits per heavy atom. The molecule has 0 aliphatic carbocycles. The number of hydrogen-bond donors (Lipinski definition) is 2. The third kappa shape index (κ3) is 8.48. The van der Waals surface area contributed by atoms with Crippen molar-refractivity contribution in [3.05, 3.63) is 0 Å². The zero-order valence-corrected chi connectivity index (χ0v) is 9.59. The predicted octanol–water partition coefficient (Wildman–Crippen LogP) is 1.55. The standard InChI is InChI=1S/C11H25NO2/c1-3-5-6-9-14-10-11(7-8-13)12-4-2/h11-13H,3-10H2,1-2H3. The van der Waals surface area contributed by atoms with Crippen LogP contribution in [0.4, 0.5) is 0 Å². The average molecular weight is 203 g/mol. The molecule has 1 atom stereocenters. The quantitative estimate of drug-likeness (QED) is 0.529. The fraction of sp³-hybridized carbons (Fsp3) is 1.00. The molecule has 0 aliphatic heterocycles. The molecule has 3 nitrogen and oxygen atoms in total. The van der Waals surface area contributed by atoms with E-state index in [0.29, 0.717) is 6.04 Å². The van der Waals surface area contributed by atoms with Crippen molar-refractivity contribution in [2.45, 2.75) is 45.6 Å². The van der Waals surface area contributed by atoms with Gasteiger partial charge in [0, 0.05) is 19.3 Å². The van der Waals surface area contributed by atoms with Crippen LogP contribution in [0.3, 0.4) is 0 Å². The molecule has 0 aromatic carbocycles. The van der Waals surface area contributed by atoms with Gasteiger partial charge in [-0.3, -0.25) is 0 Å². The van der Waals surface area contributed by atoms with Crippen molar-refractivity contribution < 1.29 is 9.84 Å². The maximum absolute atomic E-state index is 8.81. The van der Waals surface area contributed by atoms with Gasteiger partial charge in [0.1, 0.15) is 0 Å². The third-order valence-corrected chi connectivity index (χ3v) is 2.18. The summed E-state index contributed by atoms with van der Waals surface area (Å²) in [6, 6.07) is 0.312. The van der Waals surface area contributed by atoms with E-state index in [4.69, 9.17) is 9.84 Å². The number of unbranched alkanes of at least 4 members (excludes halogenated alkanes) is 2. The summed E-state index contributed by atoms with van der Waals surface area (Å²) in [6.07, 6.45) is 4.40. The molecule has 14 heavy (non-hydrogen) atoms. The van der Waals surface area contributed by atoms with Crippen molar-refractivity contribution in [1.82, 2.24) is 5.32 Å². The lowest BCUT2D eigenvalue weighted by atomic mass is 10.2. The summed E-state index contributed by atoms with van der Waals surface area (Å²) < 4.78 is 5.53. The largest absolute Gasteiger partial charge is 0.396 e. The monoisotopic (exact) mass is 203 g/mol. The molecular weight excluding hydrogens is 178 g/mol. The van der Waals surface area contributed by atoms with E-state index in [0.717, 1.165) is 32.6 Å². The SMILES string of the molecule is CCCCCOCC(CCO)NCC. The highest BCUT2D eigenvalue weighted by Crippen LogP contribution is 1.97. The van der Waals surface area contributed by atoms with Crippen LogP contribution < -0.4 is 5.32 Å². The molecule has 0 aromatic heterocycles. The van der Waals surface area contributed by atoms with Crippen LogP contribution in [0.25, 0.3) is 0 Å². The summed E-state index contributed by atoms with van der Waals surface area (Å²) >= 11 is 0. The zero-order chi connectivity index (χ0) is 10.6. The number of aliphatic hydroxyl groups is 1. The molecule has 86 valence electrons. The van der Waals surface area contributed by atoms with Crippen LogP contribution >= 0.6 is 0 Å². The van der Waals surface area contributed by atoms with Crippen molar-refractivity contribution in [1.29, 1.82) is 0 Å². The van der Waals surface area contributed by atoms with Crippen LogP contribution in [0.1, 0.15) is 39.5 Å². The maximum atomic E-state index is 8.81. The number of rotatable bonds is 10. The normalized spacial score (nSPS) is 13.1. The van der Waals surface area contributed by atoms with E-state index in [1.54, 1.807) is 0 Å². The summed E-state index contributed by atoms with van der Waals surface area (Å²) in [4.78, 5) is 0. The van der Waals surface area contributed by atoms with Crippen LogP contribution in [0, 0.1) is 0 Å². The number of aliphatic hydroxyl groups excluding tert-OH is 1. The van der Waals surface area contributed by atoms with Crippen LogP contribution in [0.15, 0.2) is 0 Å². The van der Waals surface area contributed by atoms with E-state index >= 15 is 0 Å². The fourth-order valence-electron chi connectivity index (χ4n) is 1.37. The van der Waals surface area contributed by atoms with E-state index in [-0.39, 0.29) is 6.61 Å². The minimum absolute atomic E-state index is 0.232. The van der Waals surface area contributed by atoms with Crippen molar-refractivity contribution >= 4 is 0 Å². The predicted molar refractivity (Wildman–Crippen MR) is 59.5 cm³/mol. The molecule has 3 heteroatoms. The average Bonchev–Trinajstić information content (AvgIpc) is 2.18. The minimum atomic E-state index is 0.232. The first kappa shape index (κ1) is 13.9. The Morgan fingerprint density at radius 3 is 2.64 bits per heavy atom. The van der Waals surface area contributed by atoms with E-state index in [9.17, 15) is 0 Å². The number of likely N-dealkylation sites (N-methyl/N-ethyl adjacent to an activating group) is 1. The lowest BCUT2D eigenvalue weighted by Gasteiger charge is -2.16. The van der Waals surface area contributed by atoms with Gasteiger partial charge in [0.25, 0.3) is 0 Å². The molecule has 0 rings (SSSR count). The molecule has 0 saturated heterocycles. The van der Waals surface area contributed by atoms with E-state index in [1.165, 1.54) is 12.8 Å². The van der Waals surface area contributed by atoms with Gasteiger partial charge < -0.3 is 15.2 Å². The smallest absolute Gasteiger partial charge is 0.0620 e. The second-order valence-corrected chi connectivity index (χ2v) is 3.55. The minimum Gasteiger partial charge on any atom is -0.396 e. The van der Waals surface area contributed by atoms with E-state index in [2.05, 4.69) is 19.2 Å². The summed E-state index contributed by atoms with van der Waals surface area (Å²) in [5.74, 6) is 0. The molecule has 0 bridgehead atoms. The maximum Gasteiger partial charge on any atom is 0.0620 e. The van der Waals surface area contributed by atoms with E-state index in [1.807, 2.05) is 0 Å². The Kier molecular flexibility index (Phi) is 10.9. The number of hydrogen-bond acceptors (Lipinski definition) is 3. The molecule has 0 saturated carbocycles. The third-order valence-electron chi connectivity index (χ3n) is 2.18. The second kappa shape index (κ2) is 11.0. The van der Waals surface area contributed by atoms with Gasteiger partial charge in [-0.1, -0.05) is 26.7 Å². The Morgan fingerprint density at radius 2 is 2.07 bits per heavy atom. The van der Waals surface area contributed by atoms with Gasteiger partial charge in [-0.05, 0) is 19.4 Å². The molecule has 0 fully saturated rings. The summed E-state index contributed by atoms with van der Waals surface area (Å²) in [5.41, 5.74) is 0. The van der Waals surface area contributed by atoms with Gasteiger partial charge in [-0.15, -0.1) is 0 Å². The topological polar surface area (TPSA) is 41.5 Å². The van der Waals surface area contributed by atoms with Crippen LogP contribution in [-0.4, -0.2) is 37.5 Å². The molecular formula is C11H25NO2. The molecule has 2 N–H and O–H groups in total. The van der Waals surface area contributed by atoms with Crippen LogP contribution in [-0.2, 0) is 4.74 Å². The van der Waals surface area contributed by atoms with Crippen LogP contribution in [0.5, 0.6) is 0 Å². The Bertz CT molecular complexity index is 103. The van der Waals surface area contributed by atoms with Crippen molar-refractivity contribution in [3.8, 4) is 0 Å². The molecule has 0 radical (unpaired) electrons. The van der Waals surface area contributed by atoms with Gasteiger partial charge in [-0.2, -0.15) is 0 Å². The van der Waals surface area contributed by atoms with Gasteiger partial charge in [-0.25, -0.2) is 0 Å². The van der Waals surface area contributed by atoms with Gasteiger partial charge >= 0.3 is 0 Å². The Labute approximate surface area is 87.8 Å². The number of ether oxygens (including phenoxy) is 1. The summed E-state index contributed by atoms with van der Waals surface area (Å²) in [7, 11) is 0. The fourth-order valence-corrected chi connectivity index (χ4v) is 1.37. The lowest BCUT2D eigenvalue weighted by molar-refractivity contribution is 0.0992. The molecule has 0 aliphatic rings. The molecule has 0 amide bonds. The highest BCUT2D eigenvalue weighted by Gasteiger charge is 2.05. The van der Waals surface area contributed by atoms with Crippen molar-refractivity contribution in [3.63, 3.8) is 0 Å². The van der Waals surface area contributed by atoms with Gasteiger partial charge in [0.15, 0.2) is 0 Å². The van der Waals surface area contributed by atoms with E-state index < -0.39 is 0 Å². The highest BCUT2D eigenvalue weighted by molar-refractivity contribution is 4.64. The second-order valence-electron chi connectivity index (χ2n) is 3.55. The van der Waals surface area contributed by atoms with Gasteiger partial charge in [0.2, 0.25) is 0 Å². The first-order valence-corrected chi connectivity index (χ1v) is 5.77. The lowest BCUT2D eigenvalue weighted by Crippen LogP contribution is -2.34. The molecule has 0 spiro atoms. The van der Waals surface area contributed by atoms with Crippen molar-refractivity contribution in [2.24, 2.45) is 0 Å². The Balaban J connectivity index is 3.30. The summed E-state index contributed by atoms with van der Waals surface area (Å²) in [5, 5.41) is 12.1. The summed E-state index contributed by atoms with van der Waals surface area (Å²) in [6.45, 7) is 6.99. The molecule has 0 aromatic rings. The highest BCUT2D eigenvalue weighted by atomic mass is 16.5. The first-order valence-electron chi connectivity index (χ1n) is 5.77. The van der Waals surface area contributed by atoms with Crippen LogP contribution in [0.2, 0.25) is 0 Å². The van der Waals surface area contributed by atoms with Gasteiger partial charge in [0.05, 0.1) is 6.61 Å². The molecule has 0 heterocycles. The zero-order valence-electron chi connectivity index (χ0n) is 9.59. The Hall–Kier alpha value is -0.120. The molecule has 1 unspecified atom stereocenters. The first-order chi connectivity index (χ1) is 6.85. The van der Waals surface area contributed by atoms with Crippen molar-refractivity contribution in [2.75, 3.05) is 26.4 Å².